The molecule has 3 heteroatoms. The first kappa shape index (κ1) is 8.87. The summed E-state index contributed by atoms with van der Waals surface area (Å²) in [5.74, 6) is 0. The quantitative estimate of drug-likeness (QED) is 0.535. The lowest BCUT2D eigenvalue weighted by molar-refractivity contribution is 0.185. The van der Waals surface area contributed by atoms with Gasteiger partial charge in [-0.15, -0.1) is 0 Å². The Balaban J connectivity index is 3.00. The molecule has 0 atom stereocenters. The van der Waals surface area contributed by atoms with Crippen molar-refractivity contribution in [3.05, 3.63) is 23.8 Å². The summed E-state index contributed by atoms with van der Waals surface area (Å²) in [6.07, 6.45) is 0. The molecule has 0 unspecified atom stereocenters. The van der Waals surface area contributed by atoms with E-state index in [0.29, 0.717) is 0 Å². The molecule has 12 heavy (non-hydrogen) atoms. The summed E-state index contributed by atoms with van der Waals surface area (Å²) in [4.78, 5) is 5.02. The van der Waals surface area contributed by atoms with E-state index in [9.17, 15) is 0 Å². The number of nitrogens with zero attached hydrogens (tertiary/aromatic N) is 1. The molecule has 0 aliphatic carbocycles. The fraction of sp³-hybridized carbons (Fsp3) is 0.333. The van der Waals surface area contributed by atoms with Crippen LogP contribution in [0.1, 0.15) is 5.56 Å². The van der Waals surface area contributed by atoms with Gasteiger partial charge in [0.25, 0.3) is 0 Å². The lowest BCUT2D eigenvalue weighted by atomic mass is 10.2. The lowest BCUT2D eigenvalue weighted by Gasteiger charge is -2.16. The van der Waals surface area contributed by atoms with Crippen LogP contribution in [0, 0.1) is 6.92 Å². The molecule has 1 rings (SSSR count). The Bertz CT molecular complexity index is 253. The van der Waals surface area contributed by atoms with Gasteiger partial charge in [-0.05, 0) is 30.7 Å². The van der Waals surface area contributed by atoms with Crippen LogP contribution < -0.4 is 10.8 Å². The third-order valence-electron chi connectivity index (χ3n) is 1.72. The van der Waals surface area contributed by atoms with Gasteiger partial charge in [-0.25, -0.2) is 0 Å². The minimum Gasteiger partial charge on any atom is -0.399 e. The number of nitrogen functional groups attached to an aromatic ring is 1. The van der Waals surface area contributed by atoms with E-state index in [1.54, 1.807) is 12.2 Å². The number of aryl methyl sites for hydroxylation is 1. The second-order valence-corrected chi connectivity index (χ2v) is 2.78. The molecule has 0 amide bonds. The van der Waals surface area contributed by atoms with Crippen LogP contribution in [0.25, 0.3) is 0 Å². The van der Waals surface area contributed by atoms with Crippen LogP contribution in [0.5, 0.6) is 0 Å². The van der Waals surface area contributed by atoms with Crippen LogP contribution >= 0.6 is 0 Å². The molecule has 66 valence electrons. The van der Waals surface area contributed by atoms with Crippen molar-refractivity contribution in [1.29, 1.82) is 0 Å². The number of rotatable bonds is 2. The summed E-state index contributed by atoms with van der Waals surface area (Å²) in [7, 11) is 3.47. The Hall–Kier alpha value is -1.22. The number of anilines is 2. The summed E-state index contributed by atoms with van der Waals surface area (Å²) < 4.78 is 0. The van der Waals surface area contributed by atoms with E-state index in [4.69, 9.17) is 10.6 Å². The Kier molecular flexibility index (Phi) is 2.55. The minimum absolute atomic E-state index is 0.758. The molecule has 0 aliphatic rings. The molecule has 2 N–H and O–H groups in total. The van der Waals surface area contributed by atoms with Gasteiger partial charge in [0.1, 0.15) is 0 Å². The highest BCUT2D eigenvalue weighted by atomic mass is 16.7. The summed E-state index contributed by atoms with van der Waals surface area (Å²) >= 11 is 0. The van der Waals surface area contributed by atoms with Crippen LogP contribution in [-0.2, 0) is 4.84 Å². The number of hydrogen-bond donors (Lipinski definition) is 1. The van der Waals surface area contributed by atoms with Crippen molar-refractivity contribution < 1.29 is 4.84 Å². The van der Waals surface area contributed by atoms with Crippen molar-refractivity contribution >= 4 is 11.4 Å². The largest absolute Gasteiger partial charge is 0.399 e. The van der Waals surface area contributed by atoms with Crippen LogP contribution in [0.3, 0.4) is 0 Å². The fourth-order valence-corrected chi connectivity index (χ4v) is 1.08. The van der Waals surface area contributed by atoms with Gasteiger partial charge in [-0.2, -0.15) is 0 Å². The minimum atomic E-state index is 0.758. The van der Waals surface area contributed by atoms with Crippen LogP contribution in [0.15, 0.2) is 18.2 Å². The van der Waals surface area contributed by atoms with Crippen molar-refractivity contribution in [3.63, 3.8) is 0 Å². The number of nitrogens with two attached hydrogens (primary N) is 1. The van der Waals surface area contributed by atoms with Gasteiger partial charge < -0.3 is 5.73 Å². The van der Waals surface area contributed by atoms with E-state index >= 15 is 0 Å². The zero-order valence-electron chi connectivity index (χ0n) is 7.66. The average Bonchev–Trinajstić information content (AvgIpc) is 2.01. The molecular weight excluding hydrogens is 152 g/mol. The Morgan fingerprint density at radius 1 is 1.33 bits per heavy atom. The molecule has 0 aliphatic heterocycles. The summed E-state index contributed by atoms with van der Waals surface area (Å²) in [6.45, 7) is 2.00. The van der Waals surface area contributed by atoms with Crippen molar-refractivity contribution in [2.45, 2.75) is 6.92 Å². The molecule has 0 bridgehead atoms. The fourth-order valence-electron chi connectivity index (χ4n) is 1.08. The van der Waals surface area contributed by atoms with Gasteiger partial charge >= 0.3 is 0 Å². The maximum Gasteiger partial charge on any atom is 0.0656 e. The topological polar surface area (TPSA) is 38.5 Å². The SMILES string of the molecule is CON(C)c1cc(C)cc(N)c1. The van der Waals surface area contributed by atoms with E-state index in [2.05, 4.69) is 0 Å². The Morgan fingerprint density at radius 2 is 2.00 bits per heavy atom. The van der Waals surface area contributed by atoms with Crippen molar-refractivity contribution in [3.8, 4) is 0 Å². The highest BCUT2D eigenvalue weighted by Gasteiger charge is 2.00. The Morgan fingerprint density at radius 3 is 2.50 bits per heavy atom. The summed E-state index contributed by atoms with van der Waals surface area (Å²) in [5, 5.41) is 1.67. The molecule has 0 aromatic heterocycles. The summed E-state index contributed by atoms with van der Waals surface area (Å²) in [6, 6.07) is 5.81. The molecule has 1 aromatic rings. The van der Waals surface area contributed by atoms with Gasteiger partial charge in [-0.3, -0.25) is 9.90 Å². The molecule has 0 saturated carbocycles. The first-order valence-corrected chi connectivity index (χ1v) is 3.78. The predicted molar refractivity (Wildman–Crippen MR) is 51.0 cm³/mol. The molecular formula is C9H14N2O. The Labute approximate surface area is 72.7 Å². The smallest absolute Gasteiger partial charge is 0.0656 e. The monoisotopic (exact) mass is 166 g/mol. The second-order valence-electron chi connectivity index (χ2n) is 2.78. The number of benzene rings is 1. The van der Waals surface area contributed by atoms with Gasteiger partial charge in [0, 0.05) is 12.7 Å². The second kappa shape index (κ2) is 3.45. The lowest BCUT2D eigenvalue weighted by Crippen LogP contribution is -2.14. The average molecular weight is 166 g/mol. The predicted octanol–water partition coefficient (Wildman–Crippen LogP) is 1.57. The van der Waals surface area contributed by atoms with E-state index < -0.39 is 0 Å². The number of hydroxylamine groups is 1. The zero-order valence-corrected chi connectivity index (χ0v) is 7.66. The first-order chi connectivity index (χ1) is 5.63. The standard InChI is InChI=1S/C9H14N2O/c1-7-4-8(10)6-9(5-7)11(2)12-3/h4-6H,10H2,1-3H3. The van der Waals surface area contributed by atoms with Gasteiger partial charge in [-0.1, -0.05) is 0 Å². The molecule has 0 fully saturated rings. The van der Waals surface area contributed by atoms with Crippen LogP contribution in [-0.4, -0.2) is 14.2 Å². The molecule has 0 radical (unpaired) electrons. The van der Waals surface area contributed by atoms with Crippen molar-refractivity contribution in [2.75, 3.05) is 25.0 Å². The van der Waals surface area contributed by atoms with Gasteiger partial charge in [0.15, 0.2) is 0 Å². The van der Waals surface area contributed by atoms with E-state index in [1.165, 1.54) is 0 Å². The highest BCUT2D eigenvalue weighted by Crippen LogP contribution is 2.18. The third kappa shape index (κ3) is 1.89. The van der Waals surface area contributed by atoms with E-state index in [0.717, 1.165) is 16.9 Å². The van der Waals surface area contributed by atoms with Crippen LogP contribution in [0.4, 0.5) is 11.4 Å². The maximum absolute atomic E-state index is 5.67. The zero-order chi connectivity index (χ0) is 9.14. The van der Waals surface area contributed by atoms with Crippen molar-refractivity contribution in [2.24, 2.45) is 0 Å². The molecule has 0 heterocycles. The van der Waals surface area contributed by atoms with Crippen LogP contribution in [0.2, 0.25) is 0 Å². The summed E-state index contributed by atoms with van der Waals surface area (Å²) in [5.41, 5.74) is 8.53. The maximum atomic E-state index is 5.67. The normalized spacial score (nSPS) is 9.92. The first-order valence-electron chi connectivity index (χ1n) is 3.78. The molecule has 0 saturated heterocycles. The number of hydrogen-bond acceptors (Lipinski definition) is 3. The van der Waals surface area contributed by atoms with Gasteiger partial charge in [0.2, 0.25) is 0 Å². The van der Waals surface area contributed by atoms with Gasteiger partial charge in [0.05, 0.1) is 12.8 Å². The van der Waals surface area contributed by atoms with E-state index in [1.807, 2.05) is 32.2 Å². The van der Waals surface area contributed by atoms with Crippen molar-refractivity contribution in [1.82, 2.24) is 0 Å². The molecule has 0 spiro atoms. The third-order valence-corrected chi connectivity index (χ3v) is 1.72. The molecule has 1 aromatic carbocycles. The highest BCUT2D eigenvalue weighted by molar-refractivity contribution is 5.56. The van der Waals surface area contributed by atoms with E-state index in [-0.39, 0.29) is 0 Å². The molecule has 3 nitrogen and oxygen atoms in total.